The van der Waals surface area contributed by atoms with Crippen LogP contribution in [0.3, 0.4) is 0 Å². The summed E-state index contributed by atoms with van der Waals surface area (Å²) < 4.78 is 4.74. The molecule has 0 unspecified atom stereocenters. The number of ether oxygens (including phenoxy) is 1. The molecule has 0 saturated carbocycles. The lowest BCUT2D eigenvalue weighted by Crippen LogP contribution is -1.94. The van der Waals surface area contributed by atoms with Gasteiger partial charge in [-0.3, -0.25) is 4.79 Å². The van der Waals surface area contributed by atoms with Crippen molar-refractivity contribution < 1.29 is 9.53 Å². The first-order valence-electron chi connectivity index (χ1n) is 6.45. The molecule has 0 bridgehead atoms. The number of carbonyl (C=O) groups excluding carboxylic acids is 1. The summed E-state index contributed by atoms with van der Waals surface area (Å²) in [6.07, 6.45) is 7.14. The van der Waals surface area contributed by atoms with Gasteiger partial charge in [0, 0.05) is 0 Å². The molecule has 3 nitrogen and oxygen atoms in total. The van der Waals surface area contributed by atoms with Crippen LogP contribution in [0.2, 0.25) is 0 Å². The molecular weight excluding hydrogens is 226 g/mol. The van der Waals surface area contributed by atoms with E-state index in [1.54, 1.807) is 12.1 Å². The first-order chi connectivity index (χ1) is 8.81. The maximum atomic E-state index is 10.3. The maximum absolute atomic E-state index is 10.3. The van der Waals surface area contributed by atoms with E-state index >= 15 is 0 Å². The van der Waals surface area contributed by atoms with E-state index in [2.05, 4.69) is 6.92 Å². The van der Waals surface area contributed by atoms with Gasteiger partial charge in [0.2, 0.25) is 0 Å². The maximum Gasteiger partial charge on any atom is 0.298 e. The highest BCUT2D eigenvalue weighted by Gasteiger charge is 2.04. The Morgan fingerprint density at radius 2 is 2.06 bits per heavy atom. The van der Waals surface area contributed by atoms with Gasteiger partial charge in [0.1, 0.15) is 11.8 Å². The molecule has 1 rings (SSSR count). The molecule has 0 saturated heterocycles. The molecule has 0 aliphatic rings. The predicted octanol–water partition coefficient (Wildman–Crippen LogP) is 3.61. The Labute approximate surface area is 108 Å². The van der Waals surface area contributed by atoms with Crippen molar-refractivity contribution in [3.05, 3.63) is 29.3 Å². The third-order valence-corrected chi connectivity index (χ3v) is 2.91. The largest absolute Gasteiger partial charge is 0.427 e. The van der Waals surface area contributed by atoms with E-state index in [-0.39, 0.29) is 0 Å². The SMILES string of the molecule is CCCCCCCc1ccc(OC=O)c(C#N)c1. The van der Waals surface area contributed by atoms with Crippen molar-refractivity contribution in [3.8, 4) is 11.8 Å². The summed E-state index contributed by atoms with van der Waals surface area (Å²) in [5, 5.41) is 8.97. The summed E-state index contributed by atoms with van der Waals surface area (Å²) in [7, 11) is 0. The Kier molecular flexibility index (Phi) is 6.56. The van der Waals surface area contributed by atoms with Gasteiger partial charge in [-0.05, 0) is 30.5 Å². The molecule has 18 heavy (non-hydrogen) atoms. The smallest absolute Gasteiger partial charge is 0.298 e. The number of rotatable bonds is 8. The van der Waals surface area contributed by atoms with Gasteiger partial charge >= 0.3 is 0 Å². The van der Waals surface area contributed by atoms with Crippen LogP contribution in [-0.2, 0) is 11.2 Å². The monoisotopic (exact) mass is 245 g/mol. The Balaban J connectivity index is 2.52. The summed E-state index contributed by atoms with van der Waals surface area (Å²) in [6.45, 7) is 2.55. The Hall–Kier alpha value is -1.82. The van der Waals surface area contributed by atoms with E-state index in [0.29, 0.717) is 17.8 Å². The van der Waals surface area contributed by atoms with Crippen LogP contribution in [0.5, 0.6) is 5.75 Å². The highest BCUT2D eigenvalue weighted by Crippen LogP contribution is 2.20. The predicted molar refractivity (Wildman–Crippen MR) is 70.3 cm³/mol. The third-order valence-electron chi connectivity index (χ3n) is 2.91. The summed E-state index contributed by atoms with van der Waals surface area (Å²) in [5.41, 5.74) is 1.55. The van der Waals surface area contributed by atoms with Gasteiger partial charge in [-0.15, -0.1) is 0 Å². The molecule has 0 atom stereocenters. The van der Waals surface area contributed by atoms with E-state index in [1.165, 1.54) is 25.7 Å². The molecule has 1 aromatic rings. The average Bonchev–Trinajstić information content (AvgIpc) is 2.40. The second-order valence-corrected chi connectivity index (χ2v) is 4.32. The van der Waals surface area contributed by atoms with Gasteiger partial charge in [0.25, 0.3) is 6.47 Å². The number of hydrogen-bond donors (Lipinski definition) is 0. The third kappa shape index (κ3) is 4.58. The minimum absolute atomic E-state index is 0.335. The lowest BCUT2D eigenvalue weighted by atomic mass is 10.0. The van der Waals surface area contributed by atoms with E-state index in [1.807, 2.05) is 12.1 Å². The summed E-state index contributed by atoms with van der Waals surface area (Å²) in [4.78, 5) is 10.3. The van der Waals surface area contributed by atoms with Crippen LogP contribution >= 0.6 is 0 Å². The molecule has 0 heterocycles. The van der Waals surface area contributed by atoms with Crippen molar-refractivity contribution >= 4 is 6.47 Å². The fourth-order valence-corrected chi connectivity index (χ4v) is 1.91. The van der Waals surface area contributed by atoms with Gasteiger partial charge in [-0.1, -0.05) is 38.7 Å². The summed E-state index contributed by atoms with van der Waals surface area (Å²) >= 11 is 0. The number of nitriles is 1. The number of nitrogens with zero attached hydrogens (tertiary/aromatic N) is 1. The van der Waals surface area contributed by atoms with Crippen LogP contribution in [0.1, 0.15) is 50.2 Å². The lowest BCUT2D eigenvalue weighted by molar-refractivity contribution is -0.120. The van der Waals surface area contributed by atoms with Crippen LogP contribution in [0, 0.1) is 11.3 Å². The lowest BCUT2D eigenvalue weighted by Gasteiger charge is -2.05. The Morgan fingerprint density at radius 3 is 2.72 bits per heavy atom. The van der Waals surface area contributed by atoms with E-state index in [9.17, 15) is 4.79 Å². The Morgan fingerprint density at radius 1 is 1.28 bits per heavy atom. The van der Waals surface area contributed by atoms with Crippen molar-refractivity contribution in [3.63, 3.8) is 0 Å². The van der Waals surface area contributed by atoms with Crippen molar-refractivity contribution in [2.45, 2.75) is 45.4 Å². The Bertz CT molecular complexity index is 421. The first-order valence-corrected chi connectivity index (χ1v) is 6.45. The molecule has 0 fully saturated rings. The standard InChI is InChI=1S/C15H19NO2/c1-2-3-4-5-6-7-13-8-9-15(18-12-17)14(10-13)11-16/h8-10,12H,2-7H2,1H3. The zero-order valence-electron chi connectivity index (χ0n) is 10.8. The molecule has 0 radical (unpaired) electrons. The van der Waals surface area contributed by atoms with Crippen molar-refractivity contribution in [2.75, 3.05) is 0 Å². The number of benzene rings is 1. The molecule has 0 aliphatic heterocycles. The first kappa shape index (κ1) is 14.2. The molecule has 3 heteroatoms. The number of carbonyl (C=O) groups is 1. The van der Waals surface area contributed by atoms with Gasteiger partial charge in [0.05, 0.1) is 5.56 Å². The molecule has 0 aromatic heterocycles. The van der Waals surface area contributed by atoms with Gasteiger partial charge in [-0.2, -0.15) is 5.26 Å². The molecule has 0 aliphatic carbocycles. The zero-order valence-corrected chi connectivity index (χ0v) is 10.8. The zero-order chi connectivity index (χ0) is 13.2. The minimum atomic E-state index is 0.335. The molecule has 0 spiro atoms. The van der Waals surface area contributed by atoms with E-state index in [0.717, 1.165) is 18.4 Å². The normalized spacial score (nSPS) is 9.78. The summed E-state index contributed by atoms with van der Waals surface area (Å²) in [6, 6.07) is 7.46. The highest BCUT2D eigenvalue weighted by molar-refractivity contribution is 5.52. The molecule has 0 N–H and O–H groups in total. The second-order valence-electron chi connectivity index (χ2n) is 4.32. The van der Waals surface area contributed by atoms with Gasteiger partial charge in [-0.25, -0.2) is 0 Å². The van der Waals surface area contributed by atoms with Crippen molar-refractivity contribution in [1.82, 2.24) is 0 Å². The van der Waals surface area contributed by atoms with Crippen LogP contribution in [0.15, 0.2) is 18.2 Å². The second kappa shape index (κ2) is 8.30. The van der Waals surface area contributed by atoms with Crippen LogP contribution < -0.4 is 4.74 Å². The van der Waals surface area contributed by atoms with Crippen LogP contribution in [-0.4, -0.2) is 6.47 Å². The fraction of sp³-hybridized carbons (Fsp3) is 0.467. The number of hydrogen-bond acceptors (Lipinski definition) is 3. The molecule has 1 aromatic carbocycles. The van der Waals surface area contributed by atoms with Crippen molar-refractivity contribution in [1.29, 1.82) is 5.26 Å². The van der Waals surface area contributed by atoms with Gasteiger partial charge < -0.3 is 4.74 Å². The van der Waals surface area contributed by atoms with Gasteiger partial charge in [0.15, 0.2) is 0 Å². The molecule has 96 valence electrons. The number of unbranched alkanes of at least 4 members (excludes halogenated alkanes) is 4. The topological polar surface area (TPSA) is 50.1 Å². The van der Waals surface area contributed by atoms with E-state index < -0.39 is 0 Å². The fourth-order valence-electron chi connectivity index (χ4n) is 1.91. The quantitative estimate of drug-likeness (QED) is 0.519. The molecule has 0 amide bonds. The summed E-state index contributed by atoms with van der Waals surface area (Å²) in [5.74, 6) is 0.335. The minimum Gasteiger partial charge on any atom is -0.427 e. The average molecular weight is 245 g/mol. The van der Waals surface area contributed by atoms with Crippen LogP contribution in [0.4, 0.5) is 0 Å². The number of aryl methyl sites for hydroxylation is 1. The molecular formula is C15H19NO2. The highest BCUT2D eigenvalue weighted by atomic mass is 16.5. The van der Waals surface area contributed by atoms with E-state index in [4.69, 9.17) is 10.00 Å². The van der Waals surface area contributed by atoms with Crippen molar-refractivity contribution in [2.24, 2.45) is 0 Å². The van der Waals surface area contributed by atoms with Crippen LogP contribution in [0.25, 0.3) is 0 Å².